The van der Waals surface area contributed by atoms with Crippen molar-refractivity contribution in [1.29, 1.82) is 0 Å². The highest BCUT2D eigenvalue weighted by Crippen LogP contribution is 2.12. The lowest BCUT2D eigenvalue weighted by Gasteiger charge is -2.19. The molecule has 0 atom stereocenters. The van der Waals surface area contributed by atoms with Gasteiger partial charge < -0.3 is 9.88 Å². The number of hydrogen-bond donors (Lipinski definition) is 1. The fourth-order valence-electron chi connectivity index (χ4n) is 1.70. The highest BCUT2D eigenvalue weighted by molar-refractivity contribution is 5.37. The maximum atomic E-state index is 4.42. The molecule has 18 heavy (non-hydrogen) atoms. The summed E-state index contributed by atoms with van der Waals surface area (Å²) in [5.41, 5.74) is 3.42. The Hall–Kier alpha value is -1.68. The van der Waals surface area contributed by atoms with Gasteiger partial charge in [0, 0.05) is 30.7 Å². The van der Waals surface area contributed by atoms with E-state index in [1.165, 1.54) is 0 Å². The molecule has 0 aliphatic heterocycles. The van der Waals surface area contributed by atoms with Crippen molar-refractivity contribution in [2.75, 3.05) is 0 Å². The summed E-state index contributed by atoms with van der Waals surface area (Å²) < 4.78 is 2.04. The molecule has 4 nitrogen and oxygen atoms in total. The molecule has 0 fully saturated rings. The van der Waals surface area contributed by atoms with Gasteiger partial charge in [-0.25, -0.2) is 4.98 Å². The van der Waals surface area contributed by atoms with E-state index in [0.717, 1.165) is 23.5 Å². The highest BCUT2D eigenvalue weighted by Gasteiger charge is 2.10. The molecule has 0 bridgehead atoms. The van der Waals surface area contributed by atoms with E-state index in [9.17, 15) is 0 Å². The number of aryl methyl sites for hydroxylation is 1. The summed E-state index contributed by atoms with van der Waals surface area (Å²) in [4.78, 5) is 8.52. The molecule has 0 unspecified atom stereocenters. The van der Waals surface area contributed by atoms with Crippen LogP contribution in [0.15, 0.2) is 31.0 Å². The quantitative estimate of drug-likeness (QED) is 0.902. The zero-order valence-corrected chi connectivity index (χ0v) is 11.4. The lowest BCUT2D eigenvalue weighted by molar-refractivity contribution is 0.421. The summed E-state index contributed by atoms with van der Waals surface area (Å²) in [5.74, 6) is 0. The molecule has 1 N–H and O–H groups in total. The first kappa shape index (κ1) is 12.8. The van der Waals surface area contributed by atoms with Crippen LogP contribution < -0.4 is 5.32 Å². The standard InChI is InChI=1S/C14H20N4/c1-11-7-15-6-5-13(11)18-9-12(16-10-18)8-17-14(2,3)4/h5-7,9-10,17H,8H2,1-4H3. The predicted molar refractivity (Wildman–Crippen MR) is 72.7 cm³/mol. The fraction of sp³-hybridized carbons (Fsp3) is 0.429. The van der Waals surface area contributed by atoms with Crippen molar-refractivity contribution < 1.29 is 0 Å². The minimum atomic E-state index is 0.108. The van der Waals surface area contributed by atoms with Crippen LogP contribution in [0.25, 0.3) is 5.69 Å². The monoisotopic (exact) mass is 244 g/mol. The number of nitrogens with zero attached hydrogens (tertiary/aromatic N) is 3. The molecule has 2 rings (SSSR count). The number of imidazole rings is 1. The van der Waals surface area contributed by atoms with Crippen molar-refractivity contribution in [3.63, 3.8) is 0 Å². The van der Waals surface area contributed by atoms with E-state index in [2.05, 4.69) is 49.2 Å². The Labute approximate surface area is 108 Å². The maximum absolute atomic E-state index is 4.42. The SMILES string of the molecule is Cc1cnccc1-n1cnc(CNC(C)(C)C)c1. The Morgan fingerprint density at radius 1 is 1.33 bits per heavy atom. The van der Waals surface area contributed by atoms with Gasteiger partial charge in [-0.15, -0.1) is 0 Å². The molecule has 2 aromatic heterocycles. The molecule has 0 saturated carbocycles. The normalized spacial score (nSPS) is 11.8. The second-order valence-corrected chi connectivity index (χ2v) is 5.54. The first-order chi connectivity index (χ1) is 8.46. The first-order valence-electron chi connectivity index (χ1n) is 6.14. The van der Waals surface area contributed by atoms with Crippen molar-refractivity contribution in [3.8, 4) is 5.69 Å². The van der Waals surface area contributed by atoms with Gasteiger partial charge in [0.2, 0.25) is 0 Å². The van der Waals surface area contributed by atoms with Crippen molar-refractivity contribution in [2.24, 2.45) is 0 Å². The lowest BCUT2D eigenvalue weighted by atomic mass is 10.1. The number of nitrogens with one attached hydrogen (secondary N) is 1. The number of aromatic nitrogens is 3. The van der Waals surface area contributed by atoms with E-state index in [0.29, 0.717) is 0 Å². The number of pyridine rings is 1. The van der Waals surface area contributed by atoms with Crippen LogP contribution >= 0.6 is 0 Å². The predicted octanol–water partition coefficient (Wildman–Crippen LogP) is 2.46. The molecule has 4 heteroatoms. The van der Waals surface area contributed by atoms with Gasteiger partial charge in [-0.3, -0.25) is 4.98 Å². The van der Waals surface area contributed by atoms with Crippen molar-refractivity contribution >= 4 is 0 Å². The smallest absolute Gasteiger partial charge is 0.0995 e. The summed E-state index contributed by atoms with van der Waals surface area (Å²) in [6, 6.07) is 2.00. The summed E-state index contributed by atoms with van der Waals surface area (Å²) in [6.45, 7) is 9.28. The zero-order chi connectivity index (χ0) is 13.2. The molecular formula is C14H20N4. The topological polar surface area (TPSA) is 42.7 Å². The largest absolute Gasteiger partial charge is 0.306 e. The van der Waals surface area contributed by atoms with E-state index in [4.69, 9.17) is 0 Å². The molecule has 0 amide bonds. The number of hydrogen-bond acceptors (Lipinski definition) is 3. The van der Waals surface area contributed by atoms with Crippen LogP contribution in [0, 0.1) is 6.92 Å². The van der Waals surface area contributed by atoms with Gasteiger partial charge in [0.05, 0.1) is 17.7 Å². The zero-order valence-electron chi connectivity index (χ0n) is 11.4. The van der Waals surface area contributed by atoms with Crippen LogP contribution in [0.3, 0.4) is 0 Å². The van der Waals surface area contributed by atoms with E-state index in [-0.39, 0.29) is 5.54 Å². The molecule has 0 radical (unpaired) electrons. The molecule has 2 heterocycles. The number of rotatable bonds is 3. The van der Waals surface area contributed by atoms with Crippen molar-refractivity contribution in [3.05, 3.63) is 42.2 Å². The summed E-state index contributed by atoms with van der Waals surface area (Å²) in [6.07, 6.45) is 7.57. The van der Waals surface area contributed by atoms with Gasteiger partial charge in [-0.1, -0.05) is 0 Å². The average molecular weight is 244 g/mol. The third-order valence-electron chi connectivity index (χ3n) is 2.70. The summed E-state index contributed by atoms with van der Waals surface area (Å²) in [5, 5.41) is 3.43. The minimum Gasteiger partial charge on any atom is -0.306 e. The second-order valence-electron chi connectivity index (χ2n) is 5.54. The van der Waals surface area contributed by atoms with Crippen molar-refractivity contribution in [2.45, 2.75) is 39.8 Å². The van der Waals surface area contributed by atoms with Gasteiger partial charge in [0.15, 0.2) is 0 Å². The van der Waals surface area contributed by atoms with Crippen LogP contribution in [-0.4, -0.2) is 20.1 Å². The molecule has 0 spiro atoms. The van der Waals surface area contributed by atoms with Crippen LogP contribution in [-0.2, 0) is 6.54 Å². The molecule has 0 aliphatic rings. The van der Waals surface area contributed by atoms with Crippen LogP contribution in [0.4, 0.5) is 0 Å². The second kappa shape index (κ2) is 4.90. The van der Waals surface area contributed by atoms with Crippen LogP contribution in [0.2, 0.25) is 0 Å². The highest BCUT2D eigenvalue weighted by atomic mass is 15.1. The third kappa shape index (κ3) is 3.17. The van der Waals surface area contributed by atoms with E-state index in [1.807, 2.05) is 23.2 Å². The van der Waals surface area contributed by atoms with Gasteiger partial charge >= 0.3 is 0 Å². The average Bonchev–Trinajstić information content (AvgIpc) is 2.75. The van der Waals surface area contributed by atoms with Gasteiger partial charge in [0.25, 0.3) is 0 Å². The Bertz CT molecular complexity index is 523. The van der Waals surface area contributed by atoms with E-state index < -0.39 is 0 Å². The van der Waals surface area contributed by atoms with Crippen LogP contribution in [0.1, 0.15) is 32.0 Å². The van der Waals surface area contributed by atoms with Crippen LogP contribution in [0.5, 0.6) is 0 Å². The fourth-order valence-corrected chi connectivity index (χ4v) is 1.70. The first-order valence-corrected chi connectivity index (χ1v) is 6.14. The van der Waals surface area contributed by atoms with Gasteiger partial charge in [0.1, 0.15) is 0 Å². The molecule has 2 aromatic rings. The Morgan fingerprint density at radius 3 is 2.78 bits per heavy atom. The van der Waals surface area contributed by atoms with Crippen molar-refractivity contribution in [1.82, 2.24) is 19.9 Å². The molecule has 0 aliphatic carbocycles. The Kier molecular flexibility index (Phi) is 3.48. The third-order valence-corrected chi connectivity index (χ3v) is 2.70. The molecular weight excluding hydrogens is 224 g/mol. The van der Waals surface area contributed by atoms with Gasteiger partial charge in [-0.2, -0.15) is 0 Å². The lowest BCUT2D eigenvalue weighted by Crippen LogP contribution is -2.35. The molecule has 96 valence electrons. The van der Waals surface area contributed by atoms with E-state index in [1.54, 1.807) is 6.20 Å². The Balaban J connectivity index is 2.14. The molecule has 0 saturated heterocycles. The van der Waals surface area contributed by atoms with E-state index >= 15 is 0 Å². The molecule has 0 aromatic carbocycles. The Morgan fingerprint density at radius 2 is 2.11 bits per heavy atom. The minimum absolute atomic E-state index is 0.108. The summed E-state index contributed by atoms with van der Waals surface area (Å²) in [7, 11) is 0. The maximum Gasteiger partial charge on any atom is 0.0995 e. The summed E-state index contributed by atoms with van der Waals surface area (Å²) >= 11 is 0. The van der Waals surface area contributed by atoms with Gasteiger partial charge in [-0.05, 0) is 39.3 Å².